The summed E-state index contributed by atoms with van der Waals surface area (Å²) < 4.78 is 4.77. The third kappa shape index (κ3) is 3.35. The van der Waals surface area contributed by atoms with E-state index in [9.17, 15) is 9.59 Å². The summed E-state index contributed by atoms with van der Waals surface area (Å²) in [5.74, 6) is 0.287. The fraction of sp³-hybridized carbons (Fsp3) is 0.625. The van der Waals surface area contributed by atoms with Gasteiger partial charge in [-0.05, 0) is 44.7 Å². The van der Waals surface area contributed by atoms with Crippen molar-refractivity contribution in [2.45, 2.75) is 33.6 Å². The van der Waals surface area contributed by atoms with Gasteiger partial charge in [0.1, 0.15) is 0 Å². The Bertz CT molecular complexity index is 548. The van der Waals surface area contributed by atoms with Gasteiger partial charge >= 0.3 is 5.97 Å². The molecule has 2 heterocycles. The van der Waals surface area contributed by atoms with Crippen molar-refractivity contribution in [1.29, 1.82) is 0 Å². The number of rotatable bonds is 4. The Morgan fingerprint density at radius 3 is 2.71 bits per heavy atom. The van der Waals surface area contributed by atoms with Crippen molar-refractivity contribution in [2.75, 3.05) is 26.7 Å². The molecule has 0 saturated carbocycles. The normalized spacial score (nSPS) is 19.5. The van der Waals surface area contributed by atoms with Crippen LogP contribution in [0.5, 0.6) is 0 Å². The Hall–Kier alpha value is -1.62. The fourth-order valence-electron chi connectivity index (χ4n) is 3.15. The number of piperidine rings is 1. The van der Waals surface area contributed by atoms with Crippen molar-refractivity contribution in [1.82, 2.24) is 9.88 Å². The van der Waals surface area contributed by atoms with Gasteiger partial charge < -0.3 is 9.72 Å². The summed E-state index contributed by atoms with van der Waals surface area (Å²) >= 11 is 0. The number of ether oxygens (including phenoxy) is 1. The van der Waals surface area contributed by atoms with Crippen LogP contribution in [0, 0.1) is 19.8 Å². The minimum Gasteiger partial charge on any atom is -0.465 e. The van der Waals surface area contributed by atoms with E-state index < -0.39 is 5.97 Å². The molecule has 0 amide bonds. The molecule has 1 aromatic rings. The summed E-state index contributed by atoms with van der Waals surface area (Å²) in [6, 6.07) is 0. The Morgan fingerprint density at radius 2 is 2.10 bits per heavy atom. The molecule has 116 valence electrons. The zero-order valence-corrected chi connectivity index (χ0v) is 13.3. The van der Waals surface area contributed by atoms with Crippen LogP contribution in [-0.4, -0.2) is 48.4 Å². The van der Waals surface area contributed by atoms with E-state index in [1.54, 1.807) is 13.8 Å². The van der Waals surface area contributed by atoms with Crippen LogP contribution in [0.15, 0.2) is 0 Å². The summed E-state index contributed by atoms with van der Waals surface area (Å²) in [7, 11) is 1.35. The van der Waals surface area contributed by atoms with Gasteiger partial charge in [0, 0.05) is 12.2 Å². The molecule has 21 heavy (non-hydrogen) atoms. The van der Waals surface area contributed by atoms with Gasteiger partial charge in [-0.2, -0.15) is 0 Å². The van der Waals surface area contributed by atoms with Crippen LogP contribution in [-0.2, 0) is 4.74 Å². The number of hydrogen-bond acceptors (Lipinski definition) is 4. The summed E-state index contributed by atoms with van der Waals surface area (Å²) in [6.07, 6.45) is 2.38. The number of ketones is 1. The van der Waals surface area contributed by atoms with E-state index in [4.69, 9.17) is 4.74 Å². The van der Waals surface area contributed by atoms with E-state index >= 15 is 0 Å². The molecular formula is C16H24N2O3. The van der Waals surface area contributed by atoms with Crippen LogP contribution in [0.2, 0.25) is 0 Å². The lowest BCUT2D eigenvalue weighted by atomic mass is 10.00. The lowest BCUT2D eigenvalue weighted by Crippen LogP contribution is -2.38. The van der Waals surface area contributed by atoms with E-state index in [1.807, 2.05) is 0 Å². The maximum atomic E-state index is 12.5. The Kier molecular flexibility index (Phi) is 4.83. The summed E-state index contributed by atoms with van der Waals surface area (Å²) in [5, 5.41) is 0. The van der Waals surface area contributed by atoms with Crippen molar-refractivity contribution in [2.24, 2.45) is 5.92 Å². The van der Waals surface area contributed by atoms with E-state index in [0.29, 0.717) is 35.0 Å². The predicted molar refractivity (Wildman–Crippen MR) is 80.8 cm³/mol. The topological polar surface area (TPSA) is 62.4 Å². The van der Waals surface area contributed by atoms with Crippen LogP contribution in [0.3, 0.4) is 0 Å². The number of nitrogens with one attached hydrogen (secondary N) is 1. The number of aromatic nitrogens is 1. The number of Topliss-reactive ketones (excluding diaryl/α,β-unsaturated/α-hetero) is 1. The van der Waals surface area contributed by atoms with Crippen LogP contribution < -0.4 is 0 Å². The number of esters is 1. The number of nitrogens with zero attached hydrogens (tertiary/aromatic N) is 1. The van der Waals surface area contributed by atoms with Gasteiger partial charge in [0.2, 0.25) is 0 Å². The van der Waals surface area contributed by atoms with Gasteiger partial charge in [-0.15, -0.1) is 0 Å². The molecule has 0 aromatic carbocycles. The standard InChI is InChI=1S/C16H24N2O3/c1-10-6-5-7-18(8-10)9-13(19)15-11(2)14(12(3)17-15)16(20)21-4/h10,17H,5-9H2,1-4H3. The molecule has 0 radical (unpaired) electrons. The van der Waals surface area contributed by atoms with Crippen molar-refractivity contribution in [3.8, 4) is 0 Å². The number of aromatic amines is 1. The first-order valence-electron chi connectivity index (χ1n) is 7.47. The minimum absolute atomic E-state index is 0.0415. The first kappa shape index (κ1) is 15.8. The number of methoxy groups -OCH3 is 1. The van der Waals surface area contributed by atoms with E-state index in [2.05, 4.69) is 16.8 Å². The van der Waals surface area contributed by atoms with E-state index in [0.717, 1.165) is 19.5 Å². The van der Waals surface area contributed by atoms with Crippen LogP contribution >= 0.6 is 0 Å². The summed E-state index contributed by atoms with van der Waals surface area (Å²) in [5.41, 5.74) is 2.39. The molecule has 1 aliphatic rings. The van der Waals surface area contributed by atoms with Crippen LogP contribution in [0.25, 0.3) is 0 Å². The quantitative estimate of drug-likeness (QED) is 0.683. The van der Waals surface area contributed by atoms with Crippen molar-refractivity contribution < 1.29 is 14.3 Å². The number of likely N-dealkylation sites (tertiary alicyclic amines) is 1. The van der Waals surface area contributed by atoms with Gasteiger partial charge in [0.15, 0.2) is 5.78 Å². The van der Waals surface area contributed by atoms with Gasteiger partial charge in [-0.3, -0.25) is 9.69 Å². The molecule has 5 heteroatoms. The van der Waals surface area contributed by atoms with Crippen molar-refractivity contribution in [3.05, 3.63) is 22.5 Å². The lowest BCUT2D eigenvalue weighted by molar-refractivity contribution is 0.0599. The SMILES string of the molecule is COC(=O)c1c(C)[nH]c(C(=O)CN2CCCC(C)C2)c1C. The van der Waals surface area contributed by atoms with Crippen molar-refractivity contribution in [3.63, 3.8) is 0 Å². The van der Waals surface area contributed by atoms with E-state index in [1.165, 1.54) is 13.5 Å². The molecule has 1 aromatic heterocycles. The number of hydrogen-bond donors (Lipinski definition) is 1. The lowest BCUT2D eigenvalue weighted by Gasteiger charge is -2.30. The highest BCUT2D eigenvalue weighted by atomic mass is 16.5. The third-order valence-corrected chi connectivity index (χ3v) is 4.21. The molecule has 0 spiro atoms. The largest absolute Gasteiger partial charge is 0.465 e. The van der Waals surface area contributed by atoms with E-state index in [-0.39, 0.29) is 5.78 Å². The third-order valence-electron chi connectivity index (χ3n) is 4.21. The first-order valence-corrected chi connectivity index (χ1v) is 7.47. The number of carbonyl (C=O) groups excluding carboxylic acids is 2. The second-order valence-electron chi connectivity index (χ2n) is 6.02. The number of carbonyl (C=O) groups is 2. The highest BCUT2D eigenvalue weighted by molar-refractivity contribution is 6.02. The molecule has 1 N–H and O–H groups in total. The van der Waals surface area contributed by atoms with Gasteiger partial charge in [-0.1, -0.05) is 6.92 Å². The molecule has 1 aliphatic heterocycles. The molecule has 1 unspecified atom stereocenters. The smallest absolute Gasteiger partial charge is 0.339 e. The fourth-order valence-corrected chi connectivity index (χ4v) is 3.15. The molecule has 1 saturated heterocycles. The summed E-state index contributed by atoms with van der Waals surface area (Å²) in [4.78, 5) is 29.5. The van der Waals surface area contributed by atoms with Crippen LogP contribution in [0.1, 0.15) is 51.9 Å². The number of H-pyrrole nitrogens is 1. The first-order chi connectivity index (χ1) is 9.93. The highest BCUT2D eigenvalue weighted by Crippen LogP contribution is 2.21. The second kappa shape index (κ2) is 6.43. The number of aryl methyl sites for hydroxylation is 1. The van der Waals surface area contributed by atoms with Gasteiger partial charge in [-0.25, -0.2) is 4.79 Å². The molecule has 0 aliphatic carbocycles. The molecule has 1 fully saturated rings. The summed E-state index contributed by atoms with van der Waals surface area (Å²) in [6.45, 7) is 8.15. The molecular weight excluding hydrogens is 268 g/mol. The molecule has 5 nitrogen and oxygen atoms in total. The van der Waals surface area contributed by atoms with Gasteiger partial charge in [0.05, 0.1) is 24.9 Å². The Morgan fingerprint density at radius 1 is 1.38 bits per heavy atom. The highest BCUT2D eigenvalue weighted by Gasteiger charge is 2.25. The average Bonchev–Trinajstić information content (AvgIpc) is 2.73. The molecule has 0 bridgehead atoms. The maximum absolute atomic E-state index is 12.5. The van der Waals surface area contributed by atoms with Crippen molar-refractivity contribution >= 4 is 11.8 Å². The molecule has 1 atom stereocenters. The molecule has 2 rings (SSSR count). The zero-order valence-electron chi connectivity index (χ0n) is 13.3. The Labute approximate surface area is 125 Å². The second-order valence-corrected chi connectivity index (χ2v) is 6.02. The van der Waals surface area contributed by atoms with Gasteiger partial charge in [0.25, 0.3) is 0 Å². The van der Waals surface area contributed by atoms with Crippen LogP contribution in [0.4, 0.5) is 0 Å². The maximum Gasteiger partial charge on any atom is 0.339 e. The predicted octanol–water partition coefficient (Wildman–Crippen LogP) is 2.33. The zero-order chi connectivity index (χ0) is 15.6. The average molecular weight is 292 g/mol. The Balaban J connectivity index is 2.14. The minimum atomic E-state index is -0.396. The monoisotopic (exact) mass is 292 g/mol.